The van der Waals surface area contributed by atoms with E-state index in [0.717, 1.165) is 37.5 Å². The third-order valence-electron chi connectivity index (χ3n) is 5.12. The first kappa shape index (κ1) is 16.4. The van der Waals surface area contributed by atoms with Crippen molar-refractivity contribution < 1.29 is 9.32 Å². The van der Waals surface area contributed by atoms with Gasteiger partial charge in [0, 0.05) is 38.4 Å². The van der Waals surface area contributed by atoms with Gasteiger partial charge in [-0.2, -0.15) is 4.98 Å². The van der Waals surface area contributed by atoms with Gasteiger partial charge >= 0.3 is 0 Å². The van der Waals surface area contributed by atoms with E-state index in [0.29, 0.717) is 31.3 Å². The van der Waals surface area contributed by atoms with Crippen LogP contribution in [0.25, 0.3) is 0 Å². The number of hydrogen-bond acceptors (Lipinski definition) is 5. The van der Waals surface area contributed by atoms with E-state index >= 15 is 0 Å². The molecule has 128 valence electrons. The Balaban J connectivity index is 1.38. The van der Waals surface area contributed by atoms with Crippen molar-refractivity contribution in [1.29, 1.82) is 0 Å². The fourth-order valence-corrected chi connectivity index (χ4v) is 3.25. The van der Waals surface area contributed by atoms with Gasteiger partial charge in [-0.3, -0.25) is 4.79 Å². The predicted molar refractivity (Wildman–Crippen MR) is 87.1 cm³/mol. The second-order valence-corrected chi connectivity index (χ2v) is 7.06. The molecule has 0 unspecified atom stereocenters. The molecule has 1 aromatic heterocycles. The van der Waals surface area contributed by atoms with E-state index in [2.05, 4.69) is 22.1 Å². The first-order chi connectivity index (χ1) is 11.1. The topological polar surface area (TPSA) is 62.5 Å². The van der Waals surface area contributed by atoms with Crippen LogP contribution in [0, 0.1) is 0 Å². The lowest BCUT2D eigenvalue weighted by Crippen LogP contribution is -2.37. The monoisotopic (exact) mass is 320 g/mol. The molecular formula is C17H28N4O2. The van der Waals surface area contributed by atoms with E-state index in [1.54, 1.807) is 4.90 Å². The van der Waals surface area contributed by atoms with Crippen LogP contribution in [0.2, 0.25) is 0 Å². The third-order valence-corrected chi connectivity index (χ3v) is 5.12. The van der Waals surface area contributed by atoms with E-state index < -0.39 is 0 Å². The predicted octanol–water partition coefficient (Wildman–Crippen LogP) is 2.21. The van der Waals surface area contributed by atoms with Gasteiger partial charge in [0.1, 0.15) is 0 Å². The summed E-state index contributed by atoms with van der Waals surface area (Å²) in [6.45, 7) is 1.82. The summed E-state index contributed by atoms with van der Waals surface area (Å²) in [5, 5.41) is 4.01. The van der Waals surface area contributed by atoms with E-state index in [4.69, 9.17) is 4.52 Å². The summed E-state index contributed by atoms with van der Waals surface area (Å²) in [6.07, 6.45) is 8.39. The van der Waals surface area contributed by atoms with Gasteiger partial charge in [0.2, 0.25) is 11.8 Å². The van der Waals surface area contributed by atoms with E-state index in [1.165, 1.54) is 19.3 Å². The maximum Gasteiger partial charge on any atom is 0.229 e. The van der Waals surface area contributed by atoms with Crippen molar-refractivity contribution in [2.24, 2.45) is 0 Å². The van der Waals surface area contributed by atoms with Crippen LogP contribution in [-0.2, 0) is 11.2 Å². The van der Waals surface area contributed by atoms with Crippen LogP contribution in [0.3, 0.4) is 0 Å². The SMILES string of the molecule is CN(CCc1noc(C2CC2)n1)C(=O)CC[C@H]1CCCCN1C. The Labute approximate surface area is 138 Å². The van der Waals surface area contributed by atoms with Crippen molar-refractivity contribution in [2.75, 3.05) is 27.2 Å². The molecule has 0 spiro atoms. The molecule has 0 N–H and O–H groups in total. The highest BCUT2D eigenvalue weighted by Gasteiger charge is 2.29. The molecule has 0 aromatic carbocycles. The summed E-state index contributed by atoms with van der Waals surface area (Å²) in [7, 11) is 4.04. The zero-order chi connectivity index (χ0) is 16.2. The number of rotatable bonds is 7. The van der Waals surface area contributed by atoms with Gasteiger partial charge in [0.15, 0.2) is 5.82 Å². The van der Waals surface area contributed by atoms with E-state index in [1.807, 2.05) is 7.05 Å². The Morgan fingerprint density at radius 1 is 1.35 bits per heavy atom. The minimum atomic E-state index is 0.217. The van der Waals surface area contributed by atoms with Crippen molar-refractivity contribution in [3.63, 3.8) is 0 Å². The number of piperidine rings is 1. The van der Waals surface area contributed by atoms with Crippen molar-refractivity contribution in [3.8, 4) is 0 Å². The summed E-state index contributed by atoms with van der Waals surface area (Å²) in [6, 6.07) is 0.569. The first-order valence-corrected chi connectivity index (χ1v) is 8.90. The molecular weight excluding hydrogens is 292 g/mol. The molecule has 1 aliphatic heterocycles. The molecule has 6 nitrogen and oxygen atoms in total. The molecule has 1 atom stereocenters. The largest absolute Gasteiger partial charge is 0.345 e. The maximum atomic E-state index is 12.3. The smallest absolute Gasteiger partial charge is 0.229 e. The number of hydrogen-bond donors (Lipinski definition) is 0. The standard InChI is InChI=1S/C17H28N4O2/c1-20-11-4-3-5-14(20)8-9-16(22)21(2)12-10-15-18-17(23-19-15)13-6-7-13/h13-14H,3-12H2,1-2H3/t14-/m1/s1. The van der Waals surface area contributed by atoms with Crippen LogP contribution in [0.1, 0.15) is 62.6 Å². The number of aromatic nitrogens is 2. The molecule has 2 fully saturated rings. The normalized spacial score (nSPS) is 22.3. The fraction of sp³-hybridized carbons (Fsp3) is 0.824. The molecule has 2 aliphatic rings. The van der Waals surface area contributed by atoms with Crippen LogP contribution in [0.4, 0.5) is 0 Å². The molecule has 1 saturated heterocycles. The summed E-state index contributed by atoms with van der Waals surface area (Å²) in [4.78, 5) is 20.9. The van der Waals surface area contributed by atoms with Gasteiger partial charge < -0.3 is 14.3 Å². The number of nitrogens with zero attached hydrogens (tertiary/aromatic N) is 4. The lowest BCUT2D eigenvalue weighted by Gasteiger charge is -2.32. The molecule has 1 saturated carbocycles. The van der Waals surface area contributed by atoms with Crippen molar-refractivity contribution in [1.82, 2.24) is 19.9 Å². The Hall–Kier alpha value is -1.43. The Kier molecular flexibility index (Phi) is 5.30. The van der Waals surface area contributed by atoms with E-state index in [9.17, 15) is 4.79 Å². The molecule has 0 radical (unpaired) electrons. The highest BCUT2D eigenvalue weighted by atomic mass is 16.5. The maximum absolute atomic E-state index is 12.3. The van der Waals surface area contributed by atoms with Crippen molar-refractivity contribution >= 4 is 5.91 Å². The lowest BCUT2D eigenvalue weighted by molar-refractivity contribution is -0.130. The van der Waals surface area contributed by atoms with Gasteiger partial charge in [-0.25, -0.2) is 0 Å². The quantitative estimate of drug-likeness (QED) is 0.771. The van der Waals surface area contributed by atoms with Crippen LogP contribution < -0.4 is 0 Å². The third kappa shape index (κ3) is 4.53. The average molecular weight is 320 g/mol. The van der Waals surface area contributed by atoms with Crippen molar-refractivity contribution in [3.05, 3.63) is 11.7 Å². The molecule has 2 heterocycles. The molecule has 3 rings (SSSR count). The zero-order valence-corrected chi connectivity index (χ0v) is 14.3. The van der Waals surface area contributed by atoms with E-state index in [-0.39, 0.29) is 5.91 Å². The van der Waals surface area contributed by atoms with Crippen molar-refractivity contribution in [2.45, 2.75) is 63.3 Å². The van der Waals surface area contributed by atoms with Gasteiger partial charge in [-0.05, 0) is 45.7 Å². The lowest BCUT2D eigenvalue weighted by atomic mass is 9.98. The van der Waals surface area contributed by atoms with Gasteiger partial charge in [0.05, 0.1) is 0 Å². The van der Waals surface area contributed by atoms with Crippen LogP contribution in [0.15, 0.2) is 4.52 Å². The summed E-state index contributed by atoms with van der Waals surface area (Å²) < 4.78 is 5.25. The Morgan fingerprint density at radius 3 is 2.91 bits per heavy atom. The molecule has 23 heavy (non-hydrogen) atoms. The number of likely N-dealkylation sites (N-methyl/N-ethyl adjacent to an activating group) is 1. The minimum absolute atomic E-state index is 0.217. The first-order valence-electron chi connectivity index (χ1n) is 8.90. The molecule has 1 amide bonds. The summed E-state index contributed by atoms with van der Waals surface area (Å²) in [5.41, 5.74) is 0. The molecule has 6 heteroatoms. The number of likely N-dealkylation sites (tertiary alicyclic amines) is 1. The van der Waals surface area contributed by atoms with Gasteiger partial charge in [0.25, 0.3) is 0 Å². The summed E-state index contributed by atoms with van der Waals surface area (Å²) in [5.74, 6) is 2.20. The van der Waals surface area contributed by atoms with Crippen LogP contribution in [0.5, 0.6) is 0 Å². The number of carbonyl (C=O) groups excluding carboxylic acids is 1. The highest BCUT2D eigenvalue weighted by molar-refractivity contribution is 5.75. The molecule has 1 aliphatic carbocycles. The second kappa shape index (κ2) is 7.43. The summed E-state index contributed by atoms with van der Waals surface area (Å²) >= 11 is 0. The zero-order valence-electron chi connectivity index (χ0n) is 14.3. The average Bonchev–Trinajstić information content (AvgIpc) is 3.30. The fourth-order valence-electron chi connectivity index (χ4n) is 3.25. The van der Waals surface area contributed by atoms with Crippen LogP contribution >= 0.6 is 0 Å². The number of carbonyl (C=O) groups is 1. The number of amides is 1. The second-order valence-electron chi connectivity index (χ2n) is 7.06. The minimum Gasteiger partial charge on any atom is -0.345 e. The Morgan fingerprint density at radius 2 is 2.17 bits per heavy atom. The molecule has 0 bridgehead atoms. The van der Waals surface area contributed by atoms with Gasteiger partial charge in [-0.15, -0.1) is 0 Å². The highest BCUT2D eigenvalue weighted by Crippen LogP contribution is 2.38. The molecule has 1 aromatic rings. The Bertz CT molecular complexity index is 526. The van der Waals surface area contributed by atoms with Crippen LogP contribution in [-0.4, -0.2) is 59.1 Å². The van der Waals surface area contributed by atoms with Gasteiger partial charge in [-0.1, -0.05) is 11.6 Å².